The molecule has 2 aromatic rings. The van der Waals surface area contributed by atoms with Gasteiger partial charge in [-0.1, -0.05) is 24.3 Å². The summed E-state index contributed by atoms with van der Waals surface area (Å²) in [4.78, 5) is 12.3. The minimum atomic E-state index is -0.126. The molecule has 1 aliphatic rings. The molecule has 3 rings (SSSR count). The van der Waals surface area contributed by atoms with Gasteiger partial charge in [-0.3, -0.25) is 9.48 Å². The van der Waals surface area contributed by atoms with Crippen molar-refractivity contribution < 1.29 is 4.79 Å². The van der Waals surface area contributed by atoms with Crippen LogP contribution in [-0.4, -0.2) is 15.7 Å². The first-order chi connectivity index (χ1) is 9.65. The molecular weight excluding hydrogens is 318 g/mol. The third kappa shape index (κ3) is 2.50. The number of carbonyl (C=O) groups is 1. The second-order valence-electron chi connectivity index (χ2n) is 5.12. The summed E-state index contributed by atoms with van der Waals surface area (Å²) in [6, 6.07) is 8.41. The van der Waals surface area contributed by atoms with E-state index in [0.29, 0.717) is 5.69 Å². The Morgan fingerprint density at radius 3 is 3.00 bits per heavy atom. The van der Waals surface area contributed by atoms with Crippen LogP contribution in [0.2, 0.25) is 0 Å². The Balaban J connectivity index is 1.82. The third-order valence-corrected chi connectivity index (χ3v) is 4.25. The minimum absolute atomic E-state index is 0.0846. The largest absolute Gasteiger partial charge is 0.344 e. The van der Waals surface area contributed by atoms with Crippen molar-refractivity contribution in [2.45, 2.75) is 25.3 Å². The van der Waals surface area contributed by atoms with E-state index in [2.05, 4.69) is 44.5 Å². The molecule has 0 aliphatic heterocycles. The number of benzene rings is 1. The van der Waals surface area contributed by atoms with E-state index < -0.39 is 0 Å². The lowest BCUT2D eigenvalue weighted by atomic mass is 9.88. The number of nitrogens with one attached hydrogen (secondary N) is 1. The van der Waals surface area contributed by atoms with E-state index in [0.717, 1.165) is 23.7 Å². The Labute approximate surface area is 126 Å². The van der Waals surface area contributed by atoms with Gasteiger partial charge in [0.2, 0.25) is 0 Å². The molecule has 1 amide bonds. The topological polar surface area (TPSA) is 46.9 Å². The molecular formula is C15H16BrN3O. The van der Waals surface area contributed by atoms with Gasteiger partial charge in [-0.25, -0.2) is 0 Å². The number of carbonyl (C=O) groups excluding carboxylic acids is 1. The van der Waals surface area contributed by atoms with Crippen LogP contribution in [0.1, 0.15) is 40.5 Å². The summed E-state index contributed by atoms with van der Waals surface area (Å²) in [5.41, 5.74) is 3.01. The Bertz CT molecular complexity index is 650. The van der Waals surface area contributed by atoms with Gasteiger partial charge in [0.15, 0.2) is 5.69 Å². The molecule has 1 aromatic heterocycles. The molecule has 1 atom stereocenters. The number of fused-ring (bicyclic) bond motifs is 1. The number of nitrogens with zero attached hydrogens (tertiary/aromatic N) is 2. The molecule has 1 aliphatic carbocycles. The molecule has 1 N–H and O–H groups in total. The van der Waals surface area contributed by atoms with Crippen molar-refractivity contribution in [3.05, 3.63) is 51.8 Å². The number of aromatic nitrogens is 2. The molecule has 5 heteroatoms. The monoisotopic (exact) mass is 333 g/mol. The van der Waals surface area contributed by atoms with E-state index in [-0.39, 0.29) is 11.9 Å². The molecule has 104 valence electrons. The van der Waals surface area contributed by atoms with Crippen LogP contribution in [0.25, 0.3) is 0 Å². The molecule has 20 heavy (non-hydrogen) atoms. The minimum Gasteiger partial charge on any atom is -0.344 e. The van der Waals surface area contributed by atoms with Crippen molar-refractivity contribution >= 4 is 21.8 Å². The molecule has 0 fully saturated rings. The zero-order valence-electron chi connectivity index (χ0n) is 11.3. The van der Waals surface area contributed by atoms with E-state index >= 15 is 0 Å². The van der Waals surface area contributed by atoms with Crippen molar-refractivity contribution in [1.82, 2.24) is 15.1 Å². The molecule has 0 saturated heterocycles. The fourth-order valence-corrected chi connectivity index (χ4v) is 3.30. The standard InChI is InChI=1S/C15H16BrN3O/c1-19-9-12(16)14(18-19)15(20)17-13-8-4-6-10-5-2-3-7-11(10)13/h2-3,5,7,9,13H,4,6,8H2,1H3,(H,17,20)/t13-/m1/s1. The first kappa shape index (κ1) is 13.4. The highest BCUT2D eigenvalue weighted by atomic mass is 79.9. The molecule has 0 radical (unpaired) electrons. The van der Waals surface area contributed by atoms with E-state index in [4.69, 9.17) is 0 Å². The van der Waals surface area contributed by atoms with Gasteiger partial charge < -0.3 is 5.32 Å². The van der Waals surface area contributed by atoms with Crippen molar-refractivity contribution in [3.63, 3.8) is 0 Å². The smallest absolute Gasteiger partial charge is 0.273 e. The van der Waals surface area contributed by atoms with Gasteiger partial charge in [0, 0.05) is 13.2 Å². The number of amides is 1. The van der Waals surface area contributed by atoms with Gasteiger partial charge in [0.1, 0.15) is 0 Å². The number of hydrogen-bond donors (Lipinski definition) is 1. The summed E-state index contributed by atoms with van der Waals surface area (Å²) >= 11 is 3.37. The molecule has 4 nitrogen and oxygen atoms in total. The zero-order chi connectivity index (χ0) is 14.1. The van der Waals surface area contributed by atoms with Crippen LogP contribution in [0.15, 0.2) is 34.9 Å². The van der Waals surface area contributed by atoms with Crippen LogP contribution in [0.5, 0.6) is 0 Å². The number of halogens is 1. The second-order valence-corrected chi connectivity index (χ2v) is 5.97. The number of rotatable bonds is 2. The van der Waals surface area contributed by atoms with Gasteiger partial charge in [0.05, 0.1) is 10.5 Å². The third-order valence-electron chi connectivity index (χ3n) is 3.67. The maximum absolute atomic E-state index is 12.3. The summed E-state index contributed by atoms with van der Waals surface area (Å²) < 4.78 is 2.36. The Kier molecular flexibility index (Phi) is 3.61. The predicted octanol–water partition coefficient (Wildman–Crippen LogP) is 2.99. The van der Waals surface area contributed by atoms with Crippen molar-refractivity contribution in [1.29, 1.82) is 0 Å². The van der Waals surface area contributed by atoms with Crippen LogP contribution >= 0.6 is 15.9 Å². The van der Waals surface area contributed by atoms with E-state index in [1.54, 1.807) is 17.9 Å². The van der Waals surface area contributed by atoms with Crippen LogP contribution in [0.3, 0.4) is 0 Å². The van der Waals surface area contributed by atoms with Crippen LogP contribution in [-0.2, 0) is 13.5 Å². The first-order valence-corrected chi connectivity index (χ1v) is 7.52. The first-order valence-electron chi connectivity index (χ1n) is 6.73. The lowest BCUT2D eigenvalue weighted by molar-refractivity contribution is 0.0926. The normalized spacial score (nSPS) is 17.6. The van der Waals surface area contributed by atoms with E-state index in [1.165, 1.54) is 11.1 Å². The summed E-state index contributed by atoms with van der Waals surface area (Å²) in [5, 5.41) is 7.29. The lowest BCUT2D eigenvalue weighted by Crippen LogP contribution is -2.31. The average Bonchev–Trinajstić information content (AvgIpc) is 2.78. The average molecular weight is 334 g/mol. The molecule has 1 aromatic carbocycles. The van der Waals surface area contributed by atoms with E-state index in [1.807, 2.05) is 6.07 Å². The molecule has 0 bridgehead atoms. The number of hydrogen-bond acceptors (Lipinski definition) is 2. The summed E-state index contributed by atoms with van der Waals surface area (Å²) in [5.74, 6) is -0.126. The van der Waals surface area contributed by atoms with Gasteiger partial charge >= 0.3 is 0 Å². The highest BCUT2D eigenvalue weighted by molar-refractivity contribution is 9.10. The van der Waals surface area contributed by atoms with Crippen molar-refractivity contribution in [2.75, 3.05) is 0 Å². The second kappa shape index (κ2) is 5.40. The highest BCUT2D eigenvalue weighted by Crippen LogP contribution is 2.29. The molecule has 0 saturated carbocycles. The Hall–Kier alpha value is -1.62. The van der Waals surface area contributed by atoms with Gasteiger partial charge in [-0.15, -0.1) is 0 Å². The quantitative estimate of drug-likeness (QED) is 0.918. The van der Waals surface area contributed by atoms with Crippen molar-refractivity contribution in [2.24, 2.45) is 7.05 Å². The van der Waals surface area contributed by atoms with E-state index in [9.17, 15) is 4.79 Å². The zero-order valence-corrected chi connectivity index (χ0v) is 12.9. The number of aryl methyl sites for hydroxylation is 2. The summed E-state index contributed by atoms with van der Waals surface area (Å²) in [7, 11) is 1.80. The Morgan fingerprint density at radius 2 is 2.25 bits per heavy atom. The van der Waals surface area contributed by atoms with Gasteiger partial charge in [-0.05, 0) is 46.3 Å². The predicted molar refractivity (Wildman–Crippen MR) is 80.5 cm³/mol. The van der Waals surface area contributed by atoms with Crippen molar-refractivity contribution in [3.8, 4) is 0 Å². The maximum atomic E-state index is 12.3. The molecule has 0 spiro atoms. The molecule has 1 heterocycles. The fraction of sp³-hybridized carbons (Fsp3) is 0.333. The van der Waals surface area contributed by atoms with Crippen LogP contribution in [0.4, 0.5) is 0 Å². The summed E-state index contributed by atoms with van der Waals surface area (Å²) in [6.07, 6.45) is 4.96. The highest BCUT2D eigenvalue weighted by Gasteiger charge is 2.23. The summed E-state index contributed by atoms with van der Waals surface area (Å²) in [6.45, 7) is 0. The van der Waals surface area contributed by atoms with Gasteiger partial charge in [0.25, 0.3) is 5.91 Å². The Morgan fingerprint density at radius 1 is 1.45 bits per heavy atom. The lowest BCUT2D eigenvalue weighted by Gasteiger charge is -2.26. The molecule has 0 unspecified atom stereocenters. The van der Waals surface area contributed by atoms with Gasteiger partial charge in [-0.2, -0.15) is 5.10 Å². The maximum Gasteiger partial charge on any atom is 0.273 e. The fourth-order valence-electron chi connectivity index (χ4n) is 2.74. The van der Waals surface area contributed by atoms with Crippen LogP contribution < -0.4 is 5.32 Å². The van der Waals surface area contributed by atoms with Crippen LogP contribution in [0, 0.1) is 0 Å². The SMILES string of the molecule is Cn1cc(Br)c(C(=O)N[C@@H]2CCCc3ccccc32)n1.